The summed E-state index contributed by atoms with van der Waals surface area (Å²) in [4.78, 5) is 3.97. The maximum atomic E-state index is 5.45. The van der Waals surface area contributed by atoms with Crippen molar-refractivity contribution >= 4 is 11.8 Å². The Hall–Kier alpha value is -0.960. The van der Waals surface area contributed by atoms with Gasteiger partial charge in [0, 0.05) is 11.8 Å². The fourth-order valence-electron chi connectivity index (χ4n) is 0.944. The summed E-state index contributed by atoms with van der Waals surface area (Å²) >= 11 is 1.59. The summed E-state index contributed by atoms with van der Waals surface area (Å²) in [7, 11) is 0. The third kappa shape index (κ3) is 1.12. The van der Waals surface area contributed by atoms with Gasteiger partial charge in [0.05, 0.1) is 6.20 Å². The van der Waals surface area contributed by atoms with Gasteiger partial charge in [0.1, 0.15) is 0 Å². The molecule has 0 fully saturated rings. The van der Waals surface area contributed by atoms with E-state index < -0.39 is 0 Å². The molecule has 0 aromatic heterocycles. The molecule has 0 bridgehead atoms. The topological polar surface area (TPSA) is 26.0 Å². The van der Waals surface area contributed by atoms with Crippen LogP contribution < -0.4 is 0 Å². The van der Waals surface area contributed by atoms with Gasteiger partial charge in [-0.3, -0.25) is 4.98 Å². The average molecular weight is 165 g/mol. The molecule has 0 unspecified atom stereocenters. The molecule has 0 aliphatic carbocycles. The molecule has 0 aromatic carbocycles. The molecule has 2 rings (SSSR count). The highest BCUT2D eigenvalue weighted by Gasteiger charge is 2.04. The molecule has 0 saturated heterocycles. The summed E-state index contributed by atoms with van der Waals surface area (Å²) in [6, 6.07) is 3.96. The second-order valence-corrected chi connectivity index (χ2v) is 3.00. The SMILES string of the molecule is CSc1ccc2cncc-2o1. The molecule has 2 aliphatic heterocycles. The first-order chi connectivity index (χ1) is 5.40. The Kier molecular flexibility index (Phi) is 1.58. The van der Waals surface area contributed by atoms with Gasteiger partial charge in [-0.2, -0.15) is 0 Å². The summed E-state index contributed by atoms with van der Waals surface area (Å²) in [6.07, 6.45) is 5.51. The lowest BCUT2D eigenvalue weighted by Gasteiger charge is -1.98. The number of hydrogen-bond donors (Lipinski definition) is 0. The van der Waals surface area contributed by atoms with Crippen molar-refractivity contribution in [3.05, 3.63) is 24.5 Å². The molecule has 0 atom stereocenters. The minimum Gasteiger partial charge on any atom is -0.448 e. The first-order valence-corrected chi connectivity index (χ1v) is 4.50. The van der Waals surface area contributed by atoms with Crippen molar-refractivity contribution in [3.8, 4) is 11.3 Å². The van der Waals surface area contributed by atoms with E-state index >= 15 is 0 Å². The van der Waals surface area contributed by atoms with Crippen molar-refractivity contribution in [3.63, 3.8) is 0 Å². The van der Waals surface area contributed by atoms with Crippen molar-refractivity contribution in [1.29, 1.82) is 0 Å². The van der Waals surface area contributed by atoms with E-state index in [1.165, 1.54) is 0 Å². The summed E-state index contributed by atoms with van der Waals surface area (Å²) in [5, 5.41) is 0.922. The van der Waals surface area contributed by atoms with Crippen LogP contribution in [-0.4, -0.2) is 11.2 Å². The molecule has 0 N–H and O–H groups in total. The van der Waals surface area contributed by atoms with Gasteiger partial charge < -0.3 is 4.42 Å². The van der Waals surface area contributed by atoms with Gasteiger partial charge in [-0.25, -0.2) is 0 Å². The van der Waals surface area contributed by atoms with Gasteiger partial charge in [-0.15, -0.1) is 0 Å². The minimum absolute atomic E-state index is 0.858. The van der Waals surface area contributed by atoms with E-state index in [1.54, 1.807) is 24.2 Å². The van der Waals surface area contributed by atoms with Crippen LogP contribution in [0.4, 0.5) is 0 Å². The number of fused-ring (bicyclic) bond motifs is 1. The van der Waals surface area contributed by atoms with Gasteiger partial charge in [0.2, 0.25) is 0 Å². The Morgan fingerprint density at radius 3 is 3.09 bits per heavy atom. The van der Waals surface area contributed by atoms with Crippen LogP contribution in [0.15, 0.2) is 34.0 Å². The highest BCUT2D eigenvalue weighted by atomic mass is 32.2. The monoisotopic (exact) mass is 165 g/mol. The van der Waals surface area contributed by atoms with E-state index in [2.05, 4.69) is 4.98 Å². The van der Waals surface area contributed by atoms with Crippen LogP contribution in [0, 0.1) is 0 Å². The van der Waals surface area contributed by atoms with Crippen LogP contribution in [0.5, 0.6) is 0 Å². The molecule has 2 nitrogen and oxygen atoms in total. The Labute approximate surface area is 69.0 Å². The standard InChI is InChI=1S/C8H7NOS/c1-11-8-3-2-6-4-9-5-7(6)10-8/h2-5H,1H3. The highest BCUT2D eigenvalue weighted by Crippen LogP contribution is 2.26. The van der Waals surface area contributed by atoms with Crippen LogP contribution in [0.3, 0.4) is 0 Å². The molecule has 0 saturated carbocycles. The number of thioether (sulfide) groups is 1. The highest BCUT2D eigenvalue weighted by molar-refractivity contribution is 7.98. The van der Waals surface area contributed by atoms with Crippen molar-refractivity contribution in [1.82, 2.24) is 4.98 Å². The van der Waals surface area contributed by atoms with E-state index in [1.807, 2.05) is 18.4 Å². The first kappa shape index (κ1) is 6.73. The first-order valence-electron chi connectivity index (χ1n) is 3.28. The molecule has 2 heterocycles. The molecule has 2 aliphatic rings. The summed E-state index contributed by atoms with van der Waals surface area (Å²) in [5.41, 5.74) is 1.06. The van der Waals surface area contributed by atoms with Crippen LogP contribution in [0.25, 0.3) is 11.3 Å². The van der Waals surface area contributed by atoms with Crippen LogP contribution in [-0.2, 0) is 0 Å². The zero-order valence-corrected chi connectivity index (χ0v) is 6.89. The Balaban J connectivity index is 2.59. The average Bonchev–Trinajstić information content (AvgIpc) is 2.50. The van der Waals surface area contributed by atoms with Crippen LogP contribution in [0.2, 0.25) is 0 Å². The Bertz CT molecular complexity index is 331. The molecule has 0 radical (unpaired) electrons. The van der Waals surface area contributed by atoms with Crippen LogP contribution >= 0.6 is 11.8 Å². The molecule has 0 spiro atoms. The number of nitrogens with zero attached hydrogens (tertiary/aromatic N) is 1. The number of aromatic nitrogens is 1. The van der Waals surface area contributed by atoms with Gasteiger partial charge >= 0.3 is 0 Å². The van der Waals surface area contributed by atoms with Gasteiger partial charge in [-0.1, -0.05) is 11.8 Å². The summed E-state index contributed by atoms with van der Waals surface area (Å²) in [6.45, 7) is 0. The zero-order valence-electron chi connectivity index (χ0n) is 6.07. The predicted octanol–water partition coefficient (Wildman–Crippen LogP) is 2.50. The molecule has 0 amide bonds. The number of rotatable bonds is 1. The van der Waals surface area contributed by atoms with E-state index in [0.717, 1.165) is 16.4 Å². The van der Waals surface area contributed by atoms with Crippen LogP contribution in [0.1, 0.15) is 0 Å². The molecule has 0 aromatic rings. The Morgan fingerprint density at radius 1 is 1.36 bits per heavy atom. The minimum atomic E-state index is 0.858. The molecule has 11 heavy (non-hydrogen) atoms. The normalized spacial score (nSPS) is 10.6. The number of hydrogen-bond acceptors (Lipinski definition) is 3. The van der Waals surface area contributed by atoms with Gasteiger partial charge in [-0.05, 0) is 18.4 Å². The lowest BCUT2D eigenvalue weighted by Crippen LogP contribution is -1.73. The summed E-state index contributed by atoms with van der Waals surface area (Å²) < 4.78 is 5.45. The van der Waals surface area contributed by atoms with E-state index in [-0.39, 0.29) is 0 Å². The van der Waals surface area contributed by atoms with E-state index in [4.69, 9.17) is 4.42 Å². The molecule has 3 heteroatoms. The van der Waals surface area contributed by atoms with Crippen molar-refractivity contribution in [2.24, 2.45) is 0 Å². The lowest BCUT2D eigenvalue weighted by atomic mass is 10.3. The second-order valence-electron chi connectivity index (χ2n) is 2.19. The molecule has 56 valence electrons. The van der Waals surface area contributed by atoms with Crippen molar-refractivity contribution in [2.45, 2.75) is 5.09 Å². The maximum absolute atomic E-state index is 5.45. The summed E-state index contributed by atoms with van der Waals surface area (Å²) in [5.74, 6) is 0.858. The van der Waals surface area contributed by atoms with Crippen molar-refractivity contribution < 1.29 is 4.42 Å². The third-order valence-corrected chi connectivity index (χ3v) is 2.12. The maximum Gasteiger partial charge on any atom is 0.160 e. The van der Waals surface area contributed by atoms with E-state index in [9.17, 15) is 0 Å². The third-order valence-electron chi connectivity index (χ3n) is 1.50. The van der Waals surface area contributed by atoms with E-state index in [0.29, 0.717) is 0 Å². The smallest absolute Gasteiger partial charge is 0.160 e. The second kappa shape index (κ2) is 2.58. The largest absolute Gasteiger partial charge is 0.448 e. The fourth-order valence-corrected chi connectivity index (χ4v) is 1.32. The fraction of sp³-hybridized carbons (Fsp3) is 0.125. The predicted molar refractivity (Wildman–Crippen MR) is 44.9 cm³/mol. The van der Waals surface area contributed by atoms with Gasteiger partial charge in [0.25, 0.3) is 0 Å². The lowest BCUT2D eigenvalue weighted by molar-refractivity contribution is 0.470. The zero-order chi connectivity index (χ0) is 7.68. The quantitative estimate of drug-likeness (QED) is 0.607. The van der Waals surface area contributed by atoms with Gasteiger partial charge in [0.15, 0.2) is 10.9 Å². The molecular formula is C8H7NOS. The van der Waals surface area contributed by atoms with Crippen molar-refractivity contribution in [2.75, 3.05) is 6.26 Å². The molecular weight excluding hydrogens is 158 g/mol. The Morgan fingerprint density at radius 2 is 2.27 bits per heavy atom.